The number of rotatable bonds is 9. The normalized spacial score (nSPS) is 10.8. The molecular weight excluding hydrogens is 350 g/mol. The molecule has 1 rings (SSSR count). The molecule has 0 bridgehead atoms. The van der Waals surface area contributed by atoms with Crippen molar-refractivity contribution in [3.8, 4) is 0 Å². The fourth-order valence-electron chi connectivity index (χ4n) is 1.50. The van der Waals surface area contributed by atoms with Gasteiger partial charge in [-0.15, -0.1) is 20.2 Å². The van der Waals surface area contributed by atoms with Crippen LogP contribution in [0.25, 0.3) is 0 Å². The zero-order valence-electron chi connectivity index (χ0n) is 12.9. The van der Waals surface area contributed by atoms with Crippen molar-refractivity contribution in [1.82, 2.24) is 9.55 Å². The van der Waals surface area contributed by atoms with Crippen LogP contribution >= 0.6 is 0 Å². The molecule has 0 spiro atoms. The average molecular weight is 365 g/mol. The van der Waals surface area contributed by atoms with Gasteiger partial charge in [-0.1, -0.05) is 0 Å². The molecule has 0 radical (unpaired) electrons. The first kappa shape index (κ1) is 21.5. The van der Waals surface area contributed by atoms with Crippen molar-refractivity contribution < 1.29 is 34.7 Å². The van der Waals surface area contributed by atoms with E-state index in [1.807, 2.05) is 0 Å². The fourth-order valence-corrected chi connectivity index (χ4v) is 1.50. The van der Waals surface area contributed by atoms with Crippen molar-refractivity contribution in [2.45, 2.75) is 25.8 Å². The third kappa shape index (κ3) is 9.97. The Labute approximate surface area is 139 Å². The second kappa shape index (κ2) is 11.1. The van der Waals surface area contributed by atoms with E-state index in [1.165, 1.54) is 10.9 Å². The summed E-state index contributed by atoms with van der Waals surface area (Å²) in [5.41, 5.74) is 0. The molecule has 0 fully saturated rings. The highest BCUT2D eigenvalue weighted by Crippen LogP contribution is 2.17. The molecule has 140 valence electrons. The minimum Gasteiger partial charge on any atom is -0.461 e. The van der Waals surface area contributed by atoms with Crippen LogP contribution in [0.1, 0.15) is 25.8 Å². The molecule has 0 aromatic carbocycles. The van der Waals surface area contributed by atoms with Gasteiger partial charge in [0, 0.05) is 6.42 Å². The Hall–Kier alpha value is -3.52. The van der Waals surface area contributed by atoms with E-state index in [0.717, 1.165) is 6.20 Å². The van der Waals surface area contributed by atoms with Gasteiger partial charge in [-0.2, -0.15) is 0 Å². The van der Waals surface area contributed by atoms with Gasteiger partial charge in [0.25, 0.3) is 10.2 Å². The summed E-state index contributed by atoms with van der Waals surface area (Å²) in [6.07, 6.45) is 2.50. The molecule has 0 aliphatic heterocycles. The third-order valence-corrected chi connectivity index (χ3v) is 2.51. The largest absolute Gasteiger partial charge is 0.461 e. The monoisotopic (exact) mass is 365 g/mol. The zero-order valence-corrected chi connectivity index (χ0v) is 12.9. The summed E-state index contributed by atoms with van der Waals surface area (Å²) in [5.74, 6) is -0.755. The number of carbonyl (C=O) groups is 1. The highest BCUT2D eigenvalue weighted by molar-refractivity contribution is 5.69. The van der Waals surface area contributed by atoms with Crippen LogP contribution in [0.2, 0.25) is 0 Å². The maximum absolute atomic E-state index is 11.4. The predicted octanol–water partition coefficient (Wildman–Crippen LogP) is 0.536. The minimum absolute atomic E-state index is 0.0351. The molecular formula is C10H15N5O10. The van der Waals surface area contributed by atoms with E-state index in [1.54, 1.807) is 6.92 Å². The van der Waals surface area contributed by atoms with Gasteiger partial charge >= 0.3 is 11.8 Å². The Kier molecular flexibility index (Phi) is 9.52. The van der Waals surface area contributed by atoms with Crippen molar-refractivity contribution in [2.24, 2.45) is 0 Å². The topological polar surface area (TPSA) is 203 Å². The standard InChI is InChI=1S/C10H14N4O7.HNO3/c1-8(12-7-11-5-9(12)13(16)17)6-20-10(15)3-2-4-21-14(18)19;2-1(3)4/h5,7-8H,2-4,6H2,1H3;(H,2,3,4). The molecule has 1 aromatic rings. The number of hydrogen-bond donors (Lipinski definition) is 1. The summed E-state index contributed by atoms with van der Waals surface area (Å²) in [5, 5.41) is 33.3. The molecule has 0 saturated heterocycles. The summed E-state index contributed by atoms with van der Waals surface area (Å²) >= 11 is 0. The number of ether oxygens (including phenoxy) is 1. The van der Waals surface area contributed by atoms with Crippen LogP contribution in [0.15, 0.2) is 12.5 Å². The lowest BCUT2D eigenvalue weighted by Crippen LogP contribution is -2.17. The number of nitro groups is 1. The molecule has 25 heavy (non-hydrogen) atoms. The summed E-state index contributed by atoms with van der Waals surface area (Å²) in [6, 6.07) is -0.452. The van der Waals surface area contributed by atoms with E-state index in [2.05, 4.69) is 9.82 Å². The van der Waals surface area contributed by atoms with Gasteiger partial charge in [0.1, 0.15) is 18.8 Å². The Morgan fingerprint density at radius 1 is 1.36 bits per heavy atom. The van der Waals surface area contributed by atoms with E-state index in [4.69, 9.17) is 20.1 Å². The molecule has 0 aliphatic carbocycles. The minimum atomic E-state index is -1.50. The number of imidazole rings is 1. The van der Waals surface area contributed by atoms with Gasteiger partial charge in [-0.05, 0) is 18.3 Å². The first-order chi connectivity index (χ1) is 11.6. The van der Waals surface area contributed by atoms with Gasteiger partial charge in [0.2, 0.25) is 0 Å². The average Bonchev–Trinajstić information content (AvgIpc) is 2.98. The molecule has 1 atom stereocenters. The van der Waals surface area contributed by atoms with Crippen LogP contribution in [0, 0.1) is 30.3 Å². The summed E-state index contributed by atoms with van der Waals surface area (Å²) in [4.78, 5) is 47.5. The van der Waals surface area contributed by atoms with E-state index in [9.17, 15) is 25.0 Å². The Bertz CT molecular complexity index is 599. The van der Waals surface area contributed by atoms with Crippen LogP contribution in [-0.2, 0) is 14.4 Å². The lowest BCUT2D eigenvalue weighted by atomic mass is 10.3. The molecule has 1 heterocycles. The second-order valence-electron chi connectivity index (χ2n) is 4.35. The van der Waals surface area contributed by atoms with Crippen molar-refractivity contribution in [2.75, 3.05) is 13.2 Å². The zero-order chi connectivity index (χ0) is 19.4. The smallest absolute Gasteiger partial charge is 0.342 e. The van der Waals surface area contributed by atoms with Crippen molar-refractivity contribution >= 4 is 11.8 Å². The third-order valence-electron chi connectivity index (χ3n) is 2.51. The molecule has 15 heteroatoms. The molecule has 15 nitrogen and oxygen atoms in total. The first-order valence-electron chi connectivity index (χ1n) is 6.57. The highest BCUT2D eigenvalue weighted by atomic mass is 16.9. The SMILES string of the molecule is CC(COC(=O)CCCO[N+](=O)[O-])n1cncc1[N+](=O)[O-].O=[N+]([O-])O. The summed E-state index contributed by atoms with van der Waals surface area (Å²) in [7, 11) is 0. The Morgan fingerprint density at radius 3 is 2.48 bits per heavy atom. The molecule has 1 N–H and O–H groups in total. The Morgan fingerprint density at radius 2 is 1.96 bits per heavy atom. The van der Waals surface area contributed by atoms with Gasteiger partial charge in [0.05, 0.1) is 6.61 Å². The van der Waals surface area contributed by atoms with Gasteiger partial charge in [-0.3, -0.25) is 4.79 Å². The lowest BCUT2D eigenvalue weighted by Gasteiger charge is -2.10. The molecule has 1 aromatic heterocycles. The summed E-state index contributed by atoms with van der Waals surface area (Å²) in [6.45, 7) is 1.38. The number of hydrogen-bond acceptors (Lipinski definition) is 10. The van der Waals surface area contributed by atoms with E-state index < -0.39 is 27.1 Å². The maximum atomic E-state index is 11.4. The van der Waals surface area contributed by atoms with Gasteiger partial charge < -0.3 is 24.9 Å². The first-order valence-corrected chi connectivity index (χ1v) is 6.57. The van der Waals surface area contributed by atoms with Crippen LogP contribution in [0.4, 0.5) is 5.82 Å². The van der Waals surface area contributed by atoms with E-state index in [-0.39, 0.29) is 31.9 Å². The second-order valence-corrected chi connectivity index (χ2v) is 4.35. The van der Waals surface area contributed by atoms with Crippen molar-refractivity contribution in [1.29, 1.82) is 0 Å². The molecule has 0 saturated carbocycles. The highest BCUT2D eigenvalue weighted by Gasteiger charge is 2.20. The van der Waals surface area contributed by atoms with Crippen LogP contribution in [0.5, 0.6) is 0 Å². The van der Waals surface area contributed by atoms with Crippen LogP contribution in [0.3, 0.4) is 0 Å². The van der Waals surface area contributed by atoms with Gasteiger partial charge in [0.15, 0.2) is 6.33 Å². The predicted molar refractivity (Wildman–Crippen MR) is 75.5 cm³/mol. The lowest BCUT2D eigenvalue weighted by molar-refractivity contribution is -0.757. The summed E-state index contributed by atoms with van der Waals surface area (Å²) < 4.78 is 6.21. The molecule has 0 aliphatic rings. The quantitative estimate of drug-likeness (QED) is 0.276. The number of aromatic nitrogens is 2. The maximum Gasteiger partial charge on any atom is 0.342 e. The van der Waals surface area contributed by atoms with E-state index in [0.29, 0.717) is 0 Å². The molecule has 0 amide bonds. The Balaban J connectivity index is 0.00000129. The number of carbonyl (C=O) groups excluding carboxylic acids is 1. The van der Waals surface area contributed by atoms with Crippen LogP contribution in [-0.4, -0.2) is 49.0 Å². The fraction of sp³-hybridized carbons (Fsp3) is 0.600. The number of esters is 1. The van der Waals surface area contributed by atoms with Crippen molar-refractivity contribution in [3.05, 3.63) is 42.9 Å². The van der Waals surface area contributed by atoms with Gasteiger partial charge in [-0.25, -0.2) is 9.55 Å². The van der Waals surface area contributed by atoms with Crippen molar-refractivity contribution in [3.63, 3.8) is 0 Å². The number of nitrogens with zero attached hydrogens (tertiary/aromatic N) is 5. The van der Waals surface area contributed by atoms with E-state index >= 15 is 0 Å². The van der Waals surface area contributed by atoms with Crippen LogP contribution < -0.4 is 0 Å². The molecule has 1 unspecified atom stereocenters.